The Labute approximate surface area is 233 Å². The Morgan fingerprint density at radius 2 is 1.34 bits per heavy atom. The molecule has 0 aliphatic heterocycles. The van der Waals surface area contributed by atoms with Crippen molar-refractivity contribution in [1.82, 2.24) is 4.98 Å². The largest absolute Gasteiger partial charge is 0.512 e. The van der Waals surface area contributed by atoms with E-state index >= 15 is 0 Å². The Balaban J connectivity index is 0.000000184. The molecule has 1 aliphatic rings. The Bertz CT molecular complexity index is 1930. The Morgan fingerprint density at radius 1 is 0.789 bits per heavy atom. The molecular weight excluding hydrogens is 655 g/mol. The third-order valence-corrected chi connectivity index (χ3v) is 6.93. The summed E-state index contributed by atoms with van der Waals surface area (Å²) in [6.07, 6.45) is 3.14. The van der Waals surface area contributed by atoms with Crippen LogP contribution in [0.2, 0.25) is 0 Å². The van der Waals surface area contributed by atoms with E-state index in [-0.39, 0.29) is 37.1 Å². The molecule has 0 saturated carbocycles. The van der Waals surface area contributed by atoms with Crippen LogP contribution in [-0.2, 0) is 24.9 Å². The van der Waals surface area contributed by atoms with Crippen molar-refractivity contribution < 1.29 is 38.8 Å². The molecule has 0 spiro atoms. The molecule has 5 nitrogen and oxygen atoms in total. The number of pyridine rings is 1. The van der Waals surface area contributed by atoms with Crippen LogP contribution in [0, 0.1) is 16.9 Å². The zero-order chi connectivity index (χ0) is 26.3. The van der Waals surface area contributed by atoms with E-state index in [1.807, 2.05) is 78.1 Å². The summed E-state index contributed by atoms with van der Waals surface area (Å²) in [6, 6.07) is 17.5. The molecular formula is C32H28IrNO4-. The summed E-state index contributed by atoms with van der Waals surface area (Å²) >= 11 is 0. The Hall–Kier alpha value is -3.47. The zero-order valence-electron chi connectivity index (χ0n) is 22.1. The monoisotopic (exact) mass is 683 g/mol. The molecule has 38 heavy (non-hydrogen) atoms. The molecule has 1 radical (unpaired) electrons. The topological polar surface area (TPSA) is 76.5 Å². The van der Waals surface area contributed by atoms with Crippen molar-refractivity contribution in [2.45, 2.75) is 41.5 Å². The smallest absolute Gasteiger partial charge is 0.164 e. The maximum Gasteiger partial charge on any atom is 0.164 e. The van der Waals surface area contributed by atoms with Crippen LogP contribution in [0.15, 0.2) is 69.3 Å². The summed E-state index contributed by atoms with van der Waals surface area (Å²) in [7, 11) is 0. The number of aromatic nitrogens is 1. The van der Waals surface area contributed by atoms with Gasteiger partial charge in [0.2, 0.25) is 0 Å². The van der Waals surface area contributed by atoms with Gasteiger partial charge in [-0.3, -0.25) is 4.79 Å². The van der Waals surface area contributed by atoms with Gasteiger partial charge in [0.15, 0.2) is 5.78 Å². The van der Waals surface area contributed by atoms with Gasteiger partial charge in [-0.2, -0.15) is 0 Å². The van der Waals surface area contributed by atoms with E-state index in [0.717, 1.165) is 60.5 Å². The first-order valence-electron chi connectivity index (χ1n) is 12.4. The van der Waals surface area contributed by atoms with Gasteiger partial charge >= 0.3 is 0 Å². The van der Waals surface area contributed by atoms with E-state index in [2.05, 4.69) is 18.2 Å². The number of nitrogens with zero attached hydrogens (tertiary/aromatic N) is 1. The van der Waals surface area contributed by atoms with Gasteiger partial charge in [-0.05, 0) is 29.7 Å². The molecule has 6 aromatic rings. The predicted molar refractivity (Wildman–Crippen MR) is 149 cm³/mol. The predicted octanol–water partition coefficient (Wildman–Crippen LogP) is 8.90. The quantitative estimate of drug-likeness (QED) is 0.106. The van der Waals surface area contributed by atoms with Crippen LogP contribution in [0.3, 0.4) is 0 Å². The molecule has 7 rings (SSSR count). The van der Waals surface area contributed by atoms with E-state index in [4.69, 9.17) is 13.8 Å². The molecule has 0 bridgehead atoms. The van der Waals surface area contributed by atoms with E-state index in [0.29, 0.717) is 0 Å². The minimum absolute atomic E-state index is 0. The summed E-state index contributed by atoms with van der Waals surface area (Å²) in [5.41, 5.74) is 4.71. The van der Waals surface area contributed by atoms with Crippen molar-refractivity contribution in [3.63, 3.8) is 0 Å². The summed E-state index contributed by atoms with van der Waals surface area (Å²) in [4.78, 5) is 16.2. The van der Waals surface area contributed by atoms with Crippen LogP contribution >= 0.6 is 0 Å². The van der Waals surface area contributed by atoms with Crippen LogP contribution in [0.25, 0.3) is 65.9 Å². The van der Waals surface area contributed by atoms with Crippen LogP contribution in [0.1, 0.15) is 41.5 Å². The number of aliphatic hydroxyl groups is 1. The van der Waals surface area contributed by atoms with Crippen LogP contribution in [0.5, 0.6) is 0 Å². The number of aliphatic hydroxyl groups excluding tert-OH is 1. The molecule has 6 heteroatoms. The van der Waals surface area contributed by atoms with E-state index in [1.165, 1.54) is 11.5 Å². The number of hydrogen-bond donors (Lipinski definition) is 1. The number of carbonyl (C=O) groups is 1. The summed E-state index contributed by atoms with van der Waals surface area (Å²) in [6.45, 7) is 11.1. The number of furan rings is 2. The van der Waals surface area contributed by atoms with Crippen molar-refractivity contribution in [3.05, 3.63) is 66.6 Å². The number of carbonyl (C=O) groups excluding carboxylic acids is 1. The number of benzene rings is 3. The van der Waals surface area contributed by atoms with Gasteiger partial charge in [0.1, 0.15) is 28.1 Å². The molecule has 0 fully saturated rings. The molecule has 3 aromatic carbocycles. The zero-order valence-corrected chi connectivity index (χ0v) is 24.5. The van der Waals surface area contributed by atoms with Gasteiger partial charge < -0.3 is 18.9 Å². The molecule has 0 atom stereocenters. The molecule has 0 saturated heterocycles. The maximum absolute atomic E-state index is 11.5. The second kappa shape index (κ2) is 8.79. The molecule has 3 heterocycles. The summed E-state index contributed by atoms with van der Waals surface area (Å²) in [5.74, 6) is 0.104. The number of allylic oxidation sites excluding steroid dienone is 2. The second-order valence-corrected chi connectivity index (χ2v) is 11.7. The Kier molecular flexibility index (Phi) is 6.05. The third kappa shape index (κ3) is 3.95. The molecule has 0 amide bonds. The third-order valence-electron chi connectivity index (χ3n) is 6.93. The van der Waals surface area contributed by atoms with Gasteiger partial charge in [-0.15, -0.1) is 29.1 Å². The average Bonchev–Trinajstić information content (AvgIpc) is 3.36. The summed E-state index contributed by atoms with van der Waals surface area (Å²) < 4.78 is 12.2. The van der Waals surface area contributed by atoms with E-state index < -0.39 is 5.41 Å². The first-order valence-corrected chi connectivity index (χ1v) is 12.4. The summed E-state index contributed by atoms with van der Waals surface area (Å²) in [5, 5.41) is 16.3. The first-order chi connectivity index (χ1) is 17.4. The number of fused-ring (bicyclic) bond motifs is 1. The van der Waals surface area contributed by atoms with Crippen molar-refractivity contribution in [2.24, 2.45) is 10.8 Å². The van der Waals surface area contributed by atoms with Crippen molar-refractivity contribution in [1.29, 1.82) is 0 Å². The number of rotatable bonds is 1. The fraction of sp³-hybridized carbons (Fsp3) is 0.250. The standard InChI is InChI=1S/C21H8NO2.C11H20O2.Ir/c1-2-10-4-5-12-17-16(10)11(3-1)21-20-15(8-9-22-21)24-14-7-6-13(23-12)18(17)19(14)20;1-10(2,3)8(12)7-9(13)11(4,5)6;/h1-2,4-9H;7,12H,1-6H3;/q-1;;/b;8-7-;. The van der Waals surface area contributed by atoms with Gasteiger partial charge in [-0.1, -0.05) is 53.0 Å². The Morgan fingerprint density at radius 3 is 1.95 bits per heavy atom. The van der Waals surface area contributed by atoms with Crippen molar-refractivity contribution in [3.8, 4) is 11.3 Å². The van der Waals surface area contributed by atoms with Crippen molar-refractivity contribution >= 4 is 60.4 Å². The minimum atomic E-state index is -0.417. The first kappa shape index (κ1) is 26.1. The fourth-order valence-electron chi connectivity index (χ4n) is 4.80. The molecule has 0 unspecified atom stereocenters. The van der Waals surface area contributed by atoms with Crippen LogP contribution in [-0.4, -0.2) is 15.9 Å². The average molecular weight is 683 g/mol. The van der Waals surface area contributed by atoms with Gasteiger partial charge in [0.25, 0.3) is 0 Å². The SMILES string of the molecule is CC(C)(C)C(=O)/C=C(\O)C(C)(C)C.[Ir].[c-]1ccc2ccc3oc4ccc5oc6ccnc7c6c5c4c3c2c1-7. The van der Waals surface area contributed by atoms with Crippen LogP contribution in [0.4, 0.5) is 0 Å². The van der Waals surface area contributed by atoms with Crippen molar-refractivity contribution in [2.75, 3.05) is 0 Å². The van der Waals surface area contributed by atoms with Gasteiger partial charge in [0, 0.05) is 65.1 Å². The normalized spacial score (nSPS) is 13.2. The number of ketones is 1. The van der Waals surface area contributed by atoms with Gasteiger partial charge in [-0.25, -0.2) is 0 Å². The van der Waals surface area contributed by atoms with E-state index in [9.17, 15) is 9.90 Å². The maximum atomic E-state index is 11.5. The van der Waals surface area contributed by atoms with E-state index in [1.54, 1.807) is 0 Å². The van der Waals surface area contributed by atoms with Crippen LogP contribution < -0.4 is 0 Å². The minimum Gasteiger partial charge on any atom is -0.512 e. The fourth-order valence-corrected chi connectivity index (χ4v) is 4.80. The number of hydrogen-bond acceptors (Lipinski definition) is 5. The molecule has 1 N–H and O–H groups in total. The molecule has 1 aliphatic carbocycles. The van der Waals surface area contributed by atoms with Gasteiger partial charge in [0.05, 0.1) is 0 Å². The molecule has 3 aromatic heterocycles. The second-order valence-electron chi connectivity index (χ2n) is 11.7. The molecule has 195 valence electrons.